The summed E-state index contributed by atoms with van der Waals surface area (Å²) in [4.78, 5) is 24.9. The van der Waals surface area contributed by atoms with E-state index >= 15 is 0 Å². The zero-order valence-electron chi connectivity index (χ0n) is 10.1. The summed E-state index contributed by atoms with van der Waals surface area (Å²) in [6.45, 7) is 2.81. The Morgan fingerprint density at radius 3 is 2.75 bits per heavy atom. The van der Waals surface area contributed by atoms with Gasteiger partial charge in [0.1, 0.15) is 0 Å². The highest BCUT2D eigenvalue weighted by molar-refractivity contribution is 5.93. The molecule has 1 heterocycles. The van der Waals surface area contributed by atoms with E-state index in [9.17, 15) is 9.59 Å². The van der Waals surface area contributed by atoms with Gasteiger partial charge < -0.3 is 9.47 Å². The standard InChI is InChI=1S/C12H18N2O2/c1-4-5-7-14(3)12(16)10-6-8-13(2)11(15)9-10/h6,8-9H,4-5,7H2,1-3H3. The number of nitrogens with zero attached hydrogens (tertiary/aromatic N) is 2. The fraction of sp³-hybridized carbons (Fsp3) is 0.500. The molecule has 0 fully saturated rings. The van der Waals surface area contributed by atoms with E-state index < -0.39 is 0 Å². The molecule has 0 unspecified atom stereocenters. The number of rotatable bonds is 4. The third-order valence-electron chi connectivity index (χ3n) is 2.55. The van der Waals surface area contributed by atoms with Gasteiger partial charge in [0.25, 0.3) is 11.5 Å². The molecule has 16 heavy (non-hydrogen) atoms. The van der Waals surface area contributed by atoms with Gasteiger partial charge in [-0.05, 0) is 12.5 Å². The first kappa shape index (κ1) is 12.5. The molecule has 0 atom stereocenters. The van der Waals surface area contributed by atoms with E-state index in [4.69, 9.17) is 0 Å². The van der Waals surface area contributed by atoms with Gasteiger partial charge in [-0.25, -0.2) is 0 Å². The van der Waals surface area contributed by atoms with Crippen molar-refractivity contribution in [3.63, 3.8) is 0 Å². The summed E-state index contributed by atoms with van der Waals surface area (Å²) in [6, 6.07) is 3.05. The fourth-order valence-electron chi connectivity index (χ4n) is 1.40. The molecule has 0 N–H and O–H groups in total. The minimum absolute atomic E-state index is 0.0915. The Balaban J connectivity index is 2.80. The number of carbonyl (C=O) groups is 1. The van der Waals surface area contributed by atoms with Crippen LogP contribution in [0.4, 0.5) is 0 Å². The van der Waals surface area contributed by atoms with Crippen molar-refractivity contribution in [3.05, 3.63) is 34.2 Å². The van der Waals surface area contributed by atoms with Crippen LogP contribution in [0.5, 0.6) is 0 Å². The van der Waals surface area contributed by atoms with Crippen molar-refractivity contribution in [2.45, 2.75) is 19.8 Å². The zero-order chi connectivity index (χ0) is 12.1. The lowest BCUT2D eigenvalue weighted by Crippen LogP contribution is -2.29. The van der Waals surface area contributed by atoms with Crippen molar-refractivity contribution in [1.29, 1.82) is 0 Å². The number of hydrogen-bond acceptors (Lipinski definition) is 2. The van der Waals surface area contributed by atoms with Crippen LogP contribution in [0.2, 0.25) is 0 Å². The van der Waals surface area contributed by atoms with Gasteiger partial charge in [-0.1, -0.05) is 13.3 Å². The van der Waals surface area contributed by atoms with E-state index in [1.54, 1.807) is 31.3 Å². The van der Waals surface area contributed by atoms with Crippen LogP contribution in [0.25, 0.3) is 0 Å². The quantitative estimate of drug-likeness (QED) is 0.769. The molecular formula is C12H18N2O2. The van der Waals surface area contributed by atoms with Gasteiger partial charge >= 0.3 is 0 Å². The molecule has 0 saturated heterocycles. The van der Waals surface area contributed by atoms with Gasteiger partial charge in [0.15, 0.2) is 0 Å². The maximum atomic E-state index is 11.9. The number of unbranched alkanes of at least 4 members (excludes halogenated alkanes) is 1. The number of aromatic nitrogens is 1. The second-order valence-corrected chi connectivity index (χ2v) is 3.94. The summed E-state index contributed by atoms with van der Waals surface area (Å²) in [5.74, 6) is -0.0915. The summed E-state index contributed by atoms with van der Waals surface area (Å²) in [5.41, 5.74) is 0.302. The first-order valence-electron chi connectivity index (χ1n) is 5.48. The maximum absolute atomic E-state index is 11.9. The second-order valence-electron chi connectivity index (χ2n) is 3.94. The second kappa shape index (κ2) is 5.49. The van der Waals surface area contributed by atoms with Gasteiger partial charge in [0.05, 0.1) is 0 Å². The molecule has 1 aromatic heterocycles. The SMILES string of the molecule is CCCCN(C)C(=O)c1ccn(C)c(=O)c1. The monoisotopic (exact) mass is 222 g/mol. The lowest BCUT2D eigenvalue weighted by atomic mass is 10.2. The minimum atomic E-state index is -0.158. The number of carbonyl (C=O) groups excluding carboxylic acids is 1. The largest absolute Gasteiger partial charge is 0.342 e. The molecule has 1 rings (SSSR count). The Kier molecular flexibility index (Phi) is 4.28. The van der Waals surface area contributed by atoms with Crippen molar-refractivity contribution < 1.29 is 4.79 Å². The van der Waals surface area contributed by atoms with Gasteiger partial charge in [-0.2, -0.15) is 0 Å². The first-order chi connectivity index (χ1) is 7.56. The molecule has 0 aromatic carbocycles. The summed E-state index contributed by atoms with van der Waals surface area (Å²) in [7, 11) is 3.42. The third-order valence-corrected chi connectivity index (χ3v) is 2.55. The maximum Gasteiger partial charge on any atom is 0.253 e. The van der Waals surface area contributed by atoms with Crippen LogP contribution >= 0.6 is 0 Å². The van der Waals surface area contributed by atoms with E-state index in [2.05, 4.69) is 6.92 Å². The lowest BCUT2D eigenvalue weighted by molar-refractivity contribution is 0.0793. The van der Waals surface area contributed by atoms with E-state index in [1.807, 2.05) is 0 Å². The van der Waals surface area contributed by atoms with Crippen molar-refractivity contribution in [1.82, 2.24) is 9.47 Å². The lowest BCUT2D eigenvalue weighted by Gasteiger charge is -2.16. The number of aryl methyl sites for hydroxylation is 1. The van der Waals surface area contributed by atoms with Crippen LogP contribution in [0.3, 0.4) is 0 Å². The normalized spacial score (nSPS) is 10.2. The highest BCUT2D eigenvalue weighted by Gasteiger charge is 2.11. The van der Waals surface area contributed by atoms with Crippen molar-refractivity contribution in [2.75, 3.05) is 13.6 Å². The van der Waals surface area contributed by atoms with Crippen LogP contribution in [0.15, 0.2) is 23.1 Å². The molecule has 0 bridgehead atoms. The Hall–Kier alpha value is -1.58. The number of amides is 1. The summed E-state index contributed by atoms with van der Waals surface area (Å²) < 4.78 is 1.45. The van der Waals surface area contributed by atoms with Crippen molar-refractivity contribution in [2.24, 2.45) is 7.05 Å². The topological polar surface area (TPSA) is 42.3 Å². The molecular weight excluding hydrogens is 204 g/mol. The Labute approximate surface area is 95.5 Å². The van der Waals surface area contributed by atoms with E-state index in [0.717, 1.165) is 19.4 Å². The molecule has 4 heteroatoms. The van der Waals surface area contributed by atoms with Crippen LogP contribution in [-0.4, -0.2) is 29.0 Å². The molecule has 4 nitrogen and oxygen atoms in total. The molecule has 88 valence electrons. The molecule has 0 aliphatic rings. The van der Waals surface area contributed by atoms with Gasteiger partial charge in [-0.3, -0.25) is 9.59 Å². The molecule has 0 radical (unpaired) electrons. The molecule has 0 spiro atoms. The third kappa shape index (κ3) is 2.95. The zero-order valence-corrected chi connectivity index (χ0v) is 10.1. The average molecular weight is 222 g/mol. The van der Waals surface area contributed by atoms with Crippen LogP contribution in [-0.2, 0) is 7.05 Å². The van der Waals surface area contributed by atoms with E-state index in [0.29, 0.717) is 5.56 Å². The number of pyridine rings is 1. The van der Waals surface area contributed by atoms with Crippen LogP contribution in [0, 0.1) is 0 Å². The highest BCUT2D eigenvalue weighted by Crippen LogP contribution is 2.01. The summed E-state index contributed by atoms with van der Waals surface area (Å²) in [5, 5.41) is 0. The van der Waals surface area contributed by atoms with Gasteiger partial charge in [0, 0.05) is 38.5 Å². The predicted octanol–water partition coefficient (Wildman–Crippen LogP) is 1.26. The molecule has 1 aromatic rings. The van der Waals surface area contributed by atoms with Crippen LogP contribution < -0.4 is 5.56 Å². The van der Waals surface area contributed by atoms with E-state index in [1.165, 1.54) is 10.6 Å². The van der Waals surface area contributed by atoms with Crippen molar-refractivity contribution in [3.8, 4) is 0 Å². The minimum Gasteiger partial charge on any atom is -0.342 e. The molecule has 0 aliphatic carbocycles. The molecule has 0 aliphatic heterocycles. The van der Waals surface area contributed by atoms with Crippen molar-refractivity contribution >= 4 is 5.91 Å². The smallest absolute Gasteiger partial charge is 0.253 e. The first-order valence-corrected chi connectivity index (χ1v) is 5.48. The average Bonchev–Trinajstić information content (AvgIpc) is 2.28. The Morgan fingerprint density at radius 1 is 1.50 bits per heavy atom. The van der Waals surface area contributed by atoms with Gasteiger partial charge in [-0.15, -0.1) is 0 Å². The predicted molar refractivity (Wildman–Crippen MR) is 63.6 cm³/mol. The van der Waals surface area contributed by atoms with Gasteiger partial charge in [0.2, 0.25) is 0 Å². The summed E-state index contributed by atoms with van der Waals surface area (Å²) in [6.07, 6.45) is 3.64. The Morgan fingerprint density at radius 2 is 2.19 bits per heavy atom. The fourth-order valence-corrected chi connectivity index (χ4v) is 1.40. The van der Waals surface area contributed by atoms with E-state index in [-0.39, 0.29) is 11.5 Å². The summed E-state index contributed by atoms with van der Waals surface area (Å²) >= 11 is 0. The Bertz CT molecular complexity index is 423. The highest BCUT2D eigenvalue weighted by atomic mass is 16.2. The van der Waals surface area contributed by atoms with Crippen LogP contribution in [0.1, 0.15) is 30.1 Å². The number of hydrogen-bond donors (Lipinski definition) is 0. The molecule has 1 amide bonds. The molecule has 0 saturated carbocycles.